The molecule has 90 valence electrons. The number of rotatable bonds is 3. The topological polar surface area (TPSA) is 68.0 Å². The summed E-state index contributed by atoms with van der Waals surface area (Å²) < 4.78 is 1.54. The summed E-state index contributed by atoms with van der Waals surface area (Å²) >= 11 is 6.74. The molecule has 5 nitrogen and oxygen atoms in total. The summed E-state index contributed by atoms with van der Waals surface area (Å²) in [6.45, 7) is 4.06. The molecule has 1 N–H and O–H groups in total. The highest BCUT2D eigenvalue weighted by molar-refractivity contribution is 7.16. The third kappa shape index (κ3) is 2.32. The molecule has 0 unspecified atom stereocenters. The van der Waals surface area contributed by atoms with Crippen LogP contribution in [0.1, 0.15) is 35.1 Å². The zero-order chi connectivity index (χ0) is 12.6. The van der Waals surface area contributed by atoms with Crippen LogP contribution in [0.2, 0.25) is 5.15 Å². The summed E-state index contributed by atoms with van der Waals surface area (Å²) in [5, 5.41) is 13.6. The van der Waals surface area contributed by atoms with Crippen LogP contribution in [0, 0.1) is 0 Å². The van der Waals surface area contributed by atoms with E-state index in [1.165, 1.54) is 0 Å². The summed E-state index contributed by atoms with van der Waals surface area (Å²) in [6, 6.07) is 1.88. The van der Waals surface area contributed by atoms with Crippen molar-refractivity contribution in [2.75, 3.05) is 0 Å². The van der Waals surface area contributed by atoms with Crippen molar-refractivity contribution in [2.24, 2.45) is 0 Å². The summed E-state index contributed by atoms with van der Waals surface area (Å²) in [7, 11) is 0. The van der Waals surface area contributed by atoms with Crippen LogP contribution in [0.5, 0.6) is 0 Å². The van der Waals surface area contributed by atoms with Gasteiger partial charge in [-0.15, -0.1) is 0 Å². The number of aromatic carboxylic acids is 1. The fourth-order valence-electron chi connectivity index (χ4n) is 1.27. The van der Waals surface area contributed by atoms with Gasteiger partial charge in [0.05, 0.1) is 5.69 Å². The zero-order valence-corrected chi connectivity index (χ0v) is 10.8. The van der Waals surface area contributed by atoms with Crippen LogP contribution in [-0.4, -0.2) is 25.8 Å². The van der Waals surface area contributed by atoms with Gasteiger partial charge in [-0.2, -0.15) is 5.10 Å². The lowest BCUT2D eigenvalue weighted by atomic mass is 10.1. The molecule has 0 aliphatic heterocycles. The van der Waals surface area contributed by atoms with E-state index >= 15 is 0 Å². The Morgan fingerprint density at radius 2 is 2.29 bits per heavy atom. The predicted molar refractivity (Wildman–Crippen MR) is 65.3 cm³/mol. The Hall–Kier alpha value is -1.40. The standard InChI is InChI=1S/C10H10ClN3O2S/c1-5(2)6-3-4-14(13-6)10-12-8(11)7(17-10)9(15)16/h3-5H,1-2H3,(H,15,16). The fourth-order valence-corrected chi connectivity index (χ4v) is 2.33. The van der Waals surface area contributed by atoms with E-state index in [1.807, 2.05) is 19.9 Å². The van der Waals surface area contributed by atoms with Crippen LogP contribution in [0.25, 0.3) is 5.13 Å². The molecule has 2 aromatic heterocycles. The lowest BCUT2D eigenvalue weighted by Crippen LogP contribution is -1.96. The van der Waals surface area contributed by atoms with Gasteiger partial charge < -0.3 is 5.11 Å². The highest BCUT2D eigenvalue weighted by atomic mass is 35.5. The van der Waals surface area contributed by atoms with E-state index in [0.717, 1.165) is 17.0 Å². The van der Waals surface area contributed by atoms with Crippen molar-refractivity contribution in [3.63, 3.8) is 0 Å². The number of carbonyl (C=O) groups is 1. The van der Waals surface area contributed by atoms with E-state index < -0.39 is 5.97 Å². The predicted octanol–water partition coefficient (Wildman–Crippen LogP) is 2.80. The van der Waals surface area contributed by atoms with Crippen molar-refractivity contribution in [1.29, 1.82) is 0 Å². The van der Waals surface area contributed by atoms with E-state index in [1.54, 1.807) is 10.9 Å². The SMILES string of the molecule is CC(C)c1ccn(-c2nc(Cl)c(C(=O)O)s2)n1. The molecule has 17 heavy (non-hydrogen) atoms. The van der Waals surface area contributed by atoms with Gasteiger partial charge in [0.25, 0.3) is 0 Å². The monoisotopic (exact) mass is 271 g/mol. The van der Waals surface area contributed by atoms with Gasteiger partial charge in [-0.1, -0.05) is 36.8 Å². The third-order valence-electron chi connectivity index (χ3n) is 2.17. The van der Waals surface area contributed by atoms with Gasteiger partial charge in [0.2, 0.25) is 5.13 Å². The maximum atomic E-state index is 10.8. The maximum absolute atomic E-state index is 10.8. The average molecular weight is 272 g/mol. The van der Waals surface area contributed by atoms with Crippen LogP contribution < -0.4 is 0 Å². The van der Waals surface area contributed by atoms with Gasteiger partial charge in [0, 0.05) is 6.20 Å². The van der Waals surface area contributed by atoms with Gasteiger partial charge in [-0.05, 0) is 12.0 Å². The average Bonchev–Trinajstić information content (AvgIpc) is 2.82. The van der Waals surface area contributed by atoms with Crippen molar-refractivity contribution in [3.05, 3.63) is 28.0 Å². The molecule has 2 rings (SSSR count). The number of carboxylic acid groups (broad SMARTS) is 1. The summed E-state index contributed by atoms with van der Waals surface area (Å²) in [5.74, 6) is -0.763. The molecule has 0 saturated heterocycles. The van der Waals surface area contributed by atoms with Gasteiger partial charge in [0.1, 0.15) is 0 Å². The smallest absolute Gasteiger partial charge is 0.349 e. The molecule has 2 aromatic rings. The van der Waals surface area contributed by atoms with Gasteiger partial charge in [-0.25, -0.2) is 14.5 Å². The largest absolute Gasteiger partial charge is 0.477 e. The van der Waals surface area contributed by atoms with E-state index in [0.29, 0.717) is 11.0 Å². The van der Waals surface area contributed by atoms with E-state index in [4.69, 9.17) is 16.7 Å². The minimum Gasteiger partial charge on any atom is -0.477 e. The number of halogens is 1. The highest BCUT2D eigenvalue weighted by Crippen LogP contribution is 2.26. The molecule has 2 heterocycles. The van der Waals surface area contributed by atoms with Crippen LogP contribution >= 0.6 is 22.9 Å². The van der Waals surface area contributed by atoms with Crippen LogP contribution in [0.15, 0.2) is 12.3 Å². The van der Waals surface area contributed by atoms with Crippen molar-refractivity contribution in [3.8, 4) is 5.13 Å². The van der Waals surface area contributed by atoms with Crippen LogP contribution in [-0.2, 0) is 0 Å². The lowest BCUT2D eigenvalue weighted by molar-refractivity contribution is 0.0702. The third-order valence-corrected chi connectivity index (χ3v) is 3.58. The Balaban J connectivity index is 2.39. The minimum atomic E-state index is -1.07. The maximum Gasteiger partial charge on any atom is 0.349 e. The lowest BCUT2D eigenvalue weighted by Gasteiger charge is -1.97. The molecule has 0 bridgehead atoms. The molecular weight excluding hydrogens is 262 g/mol. The van der Waals surface area contributed by atoms with Crippen LogP contribution in [0.4, 0.5) is 0 Å². The second-order valence-electron chi connectivity index (χ2n) is 3.76. The van der Waals surface area contributed by atoms with E-state index in [9.17, 15) is 4.79 Å². The van der Waals surface area contributed by atoms with Crippen molar-refractivity contribution >= 4 is 28.9 Å². The second-order valence-corrected chi connectivity index (χ2v) is 5.10. The zero-order valence-electron chi connectivity index (χ0n) is 9.22. The summed E-state index contributed by atoms with van der Waals surface area (Å²) in [6.07, 6.45) is 1.75. The molecule has 0 aliphatic carbocycles. The van der Waals surface area contributed by atoms with Gasteiger partial charge in [-0.3, -0.25) is 0 Å². The molecular formula is C10H10ClN3O2S. The molecule has 0 amide bonds. The summed E-state index contributed by atoms with van der Waals surface area (Å²) in [4.78, 5) is 14.8. The highest BCUT2D eigenvalue weighted by Gasteiger charge is 2.17. The van der Waals surface area contributed by atoms with Crippen LogP contribution in [0.3, 0.4) is 0 Å². The number of thiazole rings is 1. The fraction of sp³-hybridized carbons (Fsp3) is 0.300. The molecule has 0 aliphatic rings. The normalized spacial score (nSPS) is 11.1. The molecule has 7 heteroatoms. The number of nitrogens with zero attached hydrogens (tertiary/aromatic N) is 3. The van der Waals surface area contributed by atoms with Crippen molar-refractivity contribution < 1.29 is 9.90 Å². The van der Waals surface area contributed by atoms with E-state index in [2.05, 4.69) is 10.1 Å². The first-order valence-corrected chi connectivity index (χ1v) is 6.14. The number of hydrogen-bond donors (Lipinski definition) is 1. The Morgan fingerprint density at radius 3 is 2.76 bits per heavy atom. The molecule has 0 spiro atoms. The second kappa shape index (κ2) is 4.46. The first-order chi connectivity index (χ1) is 7.99. The Bertz CT molecular complexity index is 562. The molecule has 0 fully saturated rings. The Kier molecular flexibility index (Phi) is 3.17. The minimum absolute atomic E-state index is 0.000836. The molecule has 0 saturated carbocycles. The van der Waals surface area contributed by atoms with Crippen molar-refractivity contribution in [2.45, 2.75) is 19.8 Å². The Labute approximate surface area is 107 Å². The van der Waals surface area contributed by atoms with Crippen molar-refractivity contribution in [1.82, 2.24) is 14.8 Å². The first-order valence-electron chi connectivity index (χ1n) is 4.94. The Morgan fingerprint density at radius 1 is 1.59 bits per heavy atom. The number of carboxylic acids is 1. The van der Waals surface area contributed by atoms with E-state index in [-0.39, 0.29) is 10.0 Å². The molecule has 0 atom stereocenters. The molecule has 0 aromatic carbocycles. The number of hydrogen-bond acceptors (Lipinski definition) is 4. The quantitative estimate of drug-likeness (QED) is 0.932. The van der Waals surface area contributed by atoms with Gasteiger partial charge in [0.15, 0.2) is 10.0 Å². The first kappa shape index (κ1) is 12.1. The summed E-state index contributed by atoms with van der Waals surface area (Å²) in [5.41, 5.74) is 0.924. The molecule has 0 radical (unpaired) electrons. The van der Waals surface area contributed by atoms with Gasteiger partial charge >= 0.3 is 5.97 Å². The number of aromatic nitrogens is 3.